The van der Waals surface area contributed by atoms with E-state index in [1.54, 1.807) is 6.07 Å². The van der Waals surface area contributed by atoms with E-state index < -0.39 is 26.6 Å². The Morgan fingerprint density at radius 2 is 1.85 bits per heavy atom. The fourth-order valence-corrected chi connectivity index (χ4v) is 3.30. The van der Waals surface area contributed by atoms with Crippen molar-refractivity contribution in [1.82, 2.24) is 0 Å². The van der Waals surface area contributed by atoms with Crippen LogP contribution in [0.5, 0.6) is 0 Å². The molecule has 0 aliphatic rings. The first-order valence-electron chi connectivity index (χ1n) is 5.23. The largest absolute Gasteiger partial charge is 0.278 e. The van der Waals surface area contributed by atoms with E-state index in [2.05, 4.69) is 20.7 Å². The van der Waals surface area contributed by atoms with Crippen LogP contribution in [0.2, 0.25) is 5.02 Å². The highest BCUT2D eigenvalue weighted by atomic mass is 79.9. The summed E-state index contributed by atoms with van der Waals surface area (Å²) < 4.78 is 53.2. The van der Waals surface area contributed by atoms with Crippen LogP contribution in [0.25, 0.3) is 0 Å². The number of rotatable bonds is 3. The molecule has 0 spiro atoms. The van der Waals surface area contributed by atoms with Gasteiger partial charge in [0.25, 0.3) is 10.0 Å². The van der Waals surface area contributed by atoms with Gasteiger partial charge in [0.2, 0.25) is 0 Å². The van der Waals surface area contributed by atoms with Gasteiger partial charge >= 0.3 is 0 Å². The van der Waals surface area contributed by atoms with E-state index in [1.165, 1.54) is 12.1 Å². The fraction of sp³-hybridized carbons (Fsp3) is 0. The van der Waals surface area contributed by atoms with Crippen molar-refractivity contribution in [1.29, 1.82) is 0 Å². The molecule has 0 fully saturated rings. The van der Waals surface area contributed by atoms with Gasteiger partial charge in [-0.1, -0.05) is 17.7 Å². The first kappa shape index (κ1) is 15.2. The van der Waals surface area contributed by atoms with E-state index in [0.717, 1.165) is 12.1 Å². The Balaban J connectivity index is 2.46. The lowest BCUT2D eigenvalue weighted by atomic mass is 10.3. The average Bonchev–Trinajstić information content (AvgIpc) is 2.37. The molecule has 0 radical (unpaired) electrons. The molecular formula is C12H7BrClF2NO2S. The van der Waals surface area contributed by atoms with Crippen molar-refractivity contribution in [2.45, 2.75) is 4.90 Å². The molecule has 8 heteroatoms. The molecule has 0 saturated carbocycles. The standard InChI is InChI=1S/C12H7BrClF2NO2S/c13-12-8(14)2-1-3-10(12)17-20(18,19)11-6-7(15)4-5-9(11)16/h1-6,17H. The molecule has 0 bridgehead atoms. The highest BCUT2D eigenvalue weighted by molar-refractivity contribution is 9.10. The van der Waals surface area contributed by atoms with Gasteiger partial charge in [-0.15, -0.1) is 0 Å². The minimum Gasteiger partial charge on any atom is -0.278 e. The maximum Gasteiger partial charge on any atom is 0.264 e. The van der Waals surface area contributed by atoms with E-state index in [1.807, 2.05) is 0 Å². The van der Waals surface area contributed by atoms with Gasteiger partial charge in [-0.3, -0.25) is 4.72 Å². The molecule has 0 amide bonds. The number of nitrogens with one attached hydrogen (secondary N) is 1. The van der Waals surface area contributed by atoms with E-state index in [-0.39, 0.29) is 10.7 Å². The van der Waals surface area contributed by atoms with Crippen LogP contribution >= 0.6 is 27.5 Å². The molecule has 0 aliphatic carbocycles. The van der Waals surface area contributed by atoms with Crippen LogP contribution in [0.4, 0.5) is 14.5 Å². The van der Waals surface area contributed by atoms with Gasteiger partial charge in [0.1, 0.15) is 16.5 Å². The molecule has 0 aromatic heterocycles. The topological polar surface area (TPSA) is 46.2 Å². The Hall–Kier alpha value is -1.18. The summed E-state index contributed by atoms with van der Waals surface area (Å²) in [6, 6.07) is 6.69. The zero-order valence-electron chi connectivity index (χ0n) is 9.70. The van der Waals surface area contributed by atoms with Gasteiger partial charge in [-0.05, 0) is 46.3 Å². The van der Waals surface area contributed by atoms with Crippen LogP contribution in [0, 0.1) is 11.6 Å². The first-order chi connectivity index (χ1) is 9.31. The predicted octanol–water partition coefficient (Wildman–Crippen LogP) is 4.18. The molecule has 1 N–H and O–H groups in total. The zero-order valence-corrected chi connectivity index (χ0v) is 12.9. The summed E-state index contributed by atoms with van der Waals surface area (Å²) in [6.45, 7) is 0. The number of benzene rings is 2. The SMILES string of the molecule is O=S(=O)(Nc1cccc(Cl)c1Br)c1cc(F)ccc1F. The number of hydrogen-bond donors (Lipinski definition) is 1. The maximum atomic E-state index is 13.5. The summed E-state index contributed by atoms with van der Waals surface area (Å²) in [5, 5.41) is 0.282. The van der Waals surface area contributed by atoms with Crippen molar-refractivity contribution in [3.05, 3.63) is 57.5 Å². The molecule has 0 atom stereocenters. The Bertz CT molecular complexity index is 768. The summed E-state index contributed by atoms with van der Waals surface area (Å²) in [4.78, 5) is -0.774. The van der Waals surface area contributed by atoms with E-state index in [0.29, 0.717) is 10.5 Å². The Kier molecular flexibility index (Phi) is 4.31. The third-order valence-corrected chi connectivity index (χ3v) is 5.16. The maximum absolute atomic E-state index is 13.5. The van der Waals surface area contributed by atoms with Crippen molar-refractivity contribution in [3.63, 3.8) is 0 Å². The molecule has 0 unspecified atom stereocenters. The van der Waals surface area contributed by atoms with E-state index in [4.69, 9.17) is 11.6 Å². The first-order valence-corrected chi connectivity index (χ1v) is 7.88. The van der Waals surface area contributed by atoms with E-state index >= 15 is 0 Å². The Labute approximate surface area is 127 Å². The molecule has 2 aromatic carbocycles. The third kappa shape index (κ3) is 3.11. The van der Waals surface area contributed by atoms with Gasteiger partial charge in [0.15, 0.2) is 0 Å². The summed E-state index contributed by atoms with van der Waals surface area (Å²) in [5.41, 5.74) is 0.126. The lowest BCUT2D eigenvalue weighted by molar-refractivity contribution is 0.555. The average molecular weight is 383 g/mol. The van der Waals surface area contributed by atoms with Gasteiger partial charge in [0.05, 0.1) is 15.2 Å². The van der Waals surface area contributed by atoms with Crippen LogP contribution in [0.1, 0.15) is 0 Å². The van der Waals surface area contributed by atoms with Gasteiger partial charge in [-0.25, -0.2) is 17.2 Å². The van der Waals surface area contributed by atoms with Crippen LogP contribution in [0.3, 0.4) is 0 Å². The van der Waals surface area contributed by atoms with Gasteiger partial charge in [0, 0.05) is 0 Å². The van der Waals surface area contributed by atoms with Crippen molar-refractivity contribution in [2.24, 2.45) is 0 Å². The molecule has 2 aromatic rings. The minimum absolute atomic E-state index is 0.126. The number of sulfonamides is 1. The predicted molar refractivity (Wildman–Crippen MR) is 76.3 cm³/mol. The van der Waals surface area contributed by atoms with Crippen LogP contribution in [-0.4, -0.2) is 8.42 Å². The lowest BCUT2D eigenvalue weighted by Crippen LogP contribution is -2.15. The molecular weight excluding hydrogens is 376 g/mol. The van der Waals surface area contributed by atoms with Crippen molar-refractivity contribution in [3.8, 4) is 0 Å². The highest BCUT2D eigenvalue weighted by Crippen LogP contribution is 2.31. The second-order valence-electron chi connectivity index (χ2n) is 3.78. The van der Waals surface area contributed by atoms with Crippen molar-refractivity contribution in [2.75, 3.05) is 4.72 Å². The Morgan fingerprint density at radius 1 is 1.15 bits per heavy atom. The minimum atomic E-state index is -4.26. The lowest BCUT2D eigenvalue weighted by Gasteiger charge is -2.11. The van der Waals surface area contributed by atoms with Crippen LogP contribution in [-0.2, 0) is 10.0 Å². The van der Waals surface area contributed by atoms with Gasteiger partial charge in [-0.2, -0.15) is 0 Å². The highest BCUT2D eigenvalue weighted by Gasteiger charge is 2.21. The van der Waals surface area contributed by atoms with Crippen molar-refractivity contribution < 1.29 is 17.2 Å². The summed E-state index contributed by atoms with van der Waals surface area (Å²) in [5.74, 6) is -1.89. The summed E-state index contributed by atoms with van der Waals surface area (Å²) >= 11 is 8.94. The van der Waals surface area contributed by atoms with Gasteiger partial charge < -0.3 is 0 Å². The summed E-state index contributed by atoms with van der Waals surface area (Å²) in [6.07, 6.45) is 0. The molecule has 0 aliphatic heterocycles. The summed E-state index contributed by atoms with van der Waals surface area (Å²) in [7, 11) is -4.26. The monoisotopic (exact) mass is 381 g/mol. The van der Waals surface area contributed by atoms with Crippen molar-refractivity contribution >= 4 is 43.2 Å². The normalized spacial score (nSPS) is 11.4. The Morgan fingerprint density at radius 3 is 2.55 bits per heavy atom. The quantitative estimate of drug-likeness (QED) is 0.865. The number of anilines is 1. The smallest absolute Gasteiger partial charge is 0.264 e. The molecule has 3 nitrogen and oxygen atoms in total. The molecule has 106 valence electrons. The molecule has 20 heavy (non-hydrogen) atoms. The third-order valence-electron chi connectivity index (χ3n) is 2.38. The molecule has 0 saturated heterocycles. The second kappa shape index (κ2) is 5.67. The van der Waals surface area contributed by atoms with Crippen LogP contribution < -0.4 is 4.72 Å². The molecule has 0 heterocycles. The molecule has 2 rings (SSSR count). The number of halogens is 4. The number of hydrogen-bond acceptors (Lipinski definition) is 2. The fourth-order valence-electron chi connectivity index (χ4n) is 1.47. The van der Waals surface area contributed by atoms with E-state index in [9.17, 15) is 17.2 Å². The van der Waals surface area contributed by atoms with Crippen LogP contribution in [0.15, 0.2) is 45.8 Å². The second-order valence-corrected chi connectivity index (χ2v) is 6.63. The zero-order chi connectivity index (χ0) is 14.9.